The van der Waals surface area contributed by atoms with Crippen LogP contribution in [0.3, 0.4) is 0 Å². The number of nitrogens with one attached hydrogen (secondary N) is 1. The van der Waals surface area contributed by atoms with Crippen molar-refractivity contribution in [2.24, 2.45) is 4.99 Å². The number of amides is 1. The molecule has 7 nitrogen and oxygen atoms in total. The Kier molecular flexibility index (Phi) is 6.91. The second-order valence-corrected chi connectivity index (χ2v) is 11.4. The minimum Gasteiger partial charge on any atom is -0.373 e. The third-order valence-electron chi connectivity index (χ3n) is 7.74. The standard InChI is InChI=1S/C27H27BrF4N4O3/c28-15-12-19(29)18(14-39-16-3-4-16)20(13-15)36-9-7-26(8-10-36)25(37)34-24(35-26)17-5-6-22(27(30,31)32)33-23(17)21-2-1-11-38-21/h5-6,12-13,16,21H,1-4,7-11,14H2,(H,34,35,37). The predicted octanol–water partition coefficient (Wildman–Crippen LogP) is 5.45. The second kappa shape index (κ2) is 10.1. The highest BCUT2D eigenvalue weighted by atomic mass is 79.9. The first kappa shape index (κ1) is 26.6. The molecule has 3 fully saturated rings. The average Bonchev–Trinajstić information content (AvgIpc) is 3.45. The quantitative estimate of drug-likeness (QED) is 0.440. The van der Waals surface area contributed by atoms with Gasteiger partial charge >= 0.3 is 6.18 Å². The van der Waals surface area contributed by atoms with Crippen LogP contribution in [-0.4, -0.2) is 48.1 Å². The number of ether oxygens (including phenoxy) is 2. The normalized spacial score (nSPS) is 22.9. The Balaban J connectivity index is 1.26. The molecule has 2 saturated heterocycles. The van der Waals surface area contributed by atoms with Crippen LogP contribution >= 0.6 is 15.9 Å². The SMILES string of the molecule is O=C1NC(c2ccc(C(F)(F)F)nc2C2CCCO2)=NC12CCN(c1cc(Br)cc(F)c1COC1CC1)CC2. The van der Waals surface area contributed by atoms with E-state index in [-0.39, 0.29) is 36.0 Å². The summed E-state index contributed by atoms with van der Waals surface area (Å²) in [6.45, 7) is 1.50. The number of alkyl halides is 3. The average molecular weight is 611 g/mol. The predicted molar refractivity (Wildman–Crippen MR) is 138 cm³/mol. The number of amidine groups is 1. The number of benzene rings is 1. The van der Waals surface area contributed by atoms with Crippen LogP contribution in [-0.2, 0) is 27.1 Å². The number of hydrogen-bond acceptors (Lipinski definition) is 6. The van der Waals surface area contributed by atoms with Crippen molar-refractivity contribution in [3.05, 3.63) is 57.1 Å². The lowest BCUT2D eigenvalue weighted by molar-refractivity contribution is -0.141. The van der Waals surface area contributed by atoms with E-state index in [0.717, 1.165) is 18.9 Å². The van der Waals surface area contributed by atoms with Gasteiger partial charge in [-0.05, 0) is 62.8 Å². The molecule has 1 N–H and O–H groups in total. The highest BCUT2D eigenvalue weighted by Gasteiger charge is 2.47. The summed E-state index contributed by atoms with van der Waals surface area (Å²) >= 11 is 3.38. The molecule has 0 bridgehead atoms. The summed E-state index contributed by atoms with van der Waals surface area (Å²) < 4.78 is 67.2. The smallest absolute Gasteiger partial charge is 0.373 e. The summed E-state index contributed by atoms with van der Waals surface area (Å²) in [5, 5.41) is 2.80. The van der Waals surface area contributed by atoms with Crippen LogP contribution in [0.25, 0.3) is 0 Å². The number of carbonyl (C=O) groups is 1. The molecule has 208 valence electrons. The Morgan fingerprint density at radius 1 is 1.18 bits per heavy atom. The van der Waals surface area contributed by atoms with Gasteiger partial charge in [-0.25, -0.2) is 9.37 Å². The molecule has 4 aliphatic rings. The largest absolute Gasteiger partial charge is 0.433 e. The number of nitrogens with zero attached hydrogens (tertiary/aromatic N) is 3. The van der Waals surface area contributed by atoms with Crippen molar-refractivity contribution in [1.29, 1.82) is 0 Å². The van der Waals surface area contributed by atoms with Gasteiger partial charge in [-0.15, -0.1) is 0 Å². The van der Waals surface area contributed by atoms with Crippen molar-refractivity contribution < 1.29 is 31.8 Å². The summed E-state index contributed by atoms with van der Waals surface area (Å²) in [7, 11) is 0. The molecule has 3 aliphatic heterocycles. The highest BCUT2D eigenvalue weighted by molar-refractivity contribution is 9.10. The lowest BCUT2D eigenvalue weighted by Crippen LogP contribution is -2.49. The molecule has 1 aromatic heterocycles. The molecular weight excluding hydrogens is 584 g/mol. The van der Waals surface area contributed by atoms with E-state index in [0.29, 0.717) is 66.7 Å². The summed E-state index contributed by atoms with van der Waals surface area (Å²) in [4.78, 5) is 23.9. The number of pyridine rings is 1. The van der Waals surface area contributed by atoms with Crippen molar-refractivity contribution in [2.45, 2.75) is 69.1 Å². The van der Waals surface area contributed by atoms with E-state index in [2.05, 4.69) is 26.2 Å². The van der Waals surface area contributed by atoms with Crippen molar-refractivity contribution in [2.75, 3.05) is 24.6 Å². The maximum absolute atomic E-state index is 14.9. The van der Waals surface area contributed by atoms with Crippen LogP contribution in [0, 0.1) is 5.82 Å². The molecule has 1 atom stereocenters. The molecule has 1 saturated carbocycles. The van der Waals surface area contributed by atoms with Crippen LogP contribution in [0.15, 0.2) is 33.7 Å². The van der Waals surface area contributed by atoms with Crippen molar-refractivity contribution in [3.63, 3.8) is 0 Å². The number of aromatic nitrogens is 1. The maximum atomic E-state index is 14.9. The van der Waals surface area contributed by atoms with Gasteiger partial charge in [0.15, 0.2) is 0 Å². The van der Waals surface area contributed by atoms with Gasteiger partial charge in [0, 0.05) is 41.0 Å². The Morgan fingerprint density at radius 3 is 2.62 bits per heavy atom. The second-order valence-electron chi connectivity index (χ2n) is 10.5. The molecule has 39 heavy (non-hydrogen) atoms. The van der Waals surface area contributed by atoms with Gasteiger partial charge in [-0.3, -0.25) is 9.79 Å². The Hall–Kier alpha value is -2.57. The fourth-order valence-electron chi connectivity index (χ4n) is 5.42. The topological polar surface area (TPSA) is 76.0 Å². The van der Waals surface area contributed by atoms with Crippen LogP contribution in [0.4, 0.5) is 23.2 Å². The zero-order valence-corrected chi connectivity index (χ0v) is 22.6. The monoisotopic (exact) mass is 610 g/mol. The van der Waals surface area contributed by atoms with Gasteiger partial charge in [0.25, 0.3) is 5.91 Å². The zero-order chi connectivity index (χ0) is 27.4. The summed E-state index contributed by atoms with van der Waals surface area (Å²) in [6, 6.07) is 5.50. The van der Waals surface area contributed by atoms with Gasteiger partial charge in [0.2, 0.25) is 0 Å². The maximum Gasteiger partial charge on any atom is 0.433 e. The lowest BCUT2D eigenvalue weighted by Gasteiger charge is -2.37. The molecule has 1 aromatic carbocycles. The number of hydrogen-bond donors (Lipinski definition) is 1. The number of carbonyl (C=O) groups excluding carboxylic acids is 1. The van der Waals surface area contributed by atoms with E-state index in [1.807, 2.05) is 11.0 Å². The fourth-order valence-corrected chi connectivity index (χ4v) is 5.84. The number of rotatable bonds is 6. The first-order chi connectivity index (χ1) is 18.6. The first-order valence-electron chi connectivity index (χ1n) is 13.1. The van der Waals surface area contributed by atoms with Gasteiger partial charge in [0.1, 0.15) is 29.0 Å². The molecule has 1 spiro atoms. The Labute approximate surface area is 231 Å². The van der Waals surface area contributed by atoms with Crippen LogP contribution in [0.2, 0.25) is 0 Å². The molecule has 2 aromatic rings. The third-order valence-corrected chi connectivity index (χ3v) is 8.20. The van der Waals surface area contributed by atoms with E-state index < -0.39 is 23.5 Å². The van der Waals surface area contributed by atoms with Crippen LogP contribution in [0.1, 0.15) is 67.1 Å². The molecule has 0 radical (unpaired) electrons. The van der Waals surface area contributed by atoms with Gasteiger partial charge in [0.05, 0.1) is 18.4 Å². The summed E-state index contributed by atoms with van der Waals surface area (Å²) in [6.07, 6.45) is -1.07. The highest BCUT2D eigenvalue weighted by Crippen LogP contribution is 2.39. The molecule has 1 aliphatic carbocycles. The number of piperidine rings is 1. The van der Waals surface area contributed by atoms with E-state index in [1.54, 1.807) is 0 Å². The van der Waals surface area contributed by atoms with E-state index >= 15 is 0 Å². The molecule has 6 rings (SSSR count). The van der Waals surface area contributed by atoms with E-state index in [1.165, 1.54) is 12.1 Å². The molecule has 1 amide bonds. The number of aliphatic imine (C=N–C) groups is 1. The molecule has 1 unspecified atom stereocenters. The summed E-state index contributed by atoms with van der Waals surface area (Å²) in [5.74, 6) is -0.434. The lowest BCUT2D eigenvalue weighted by atomic mass is 9.87. The minimum absolute atomic E-state index is 0.140. The Bertz CT molecular complexity index is 1320. The van der Waals surface area contributed by atoms with Crippen molar-refractivity contribution in [3.8, 4) is 0 Å². The minimum atomic E-state index is -4.60. The first-order valence-corrected chi connectivity index (χ1v) is 13.9. The molecule has 4 heterocycles. The van der Waals surface area contributed by atoms with Gasteiger partial charge in [-0.2, -0.15) is 13.2 Å². The van der Waals surface area contributed by atoms with Crippen molar-refractivity contribution >= 4 is 33.4 Å². The van der Waals surface area contributed by atoms with E-state index in [4.69, 9.17) is 14.5 Å². The summed E-state index contributed by atoms with van der Waals surface area (Å²) in [5.41, 5.74) is -0.382. The third kappa shape index (κ3) is 5.30. The van der Waals surface area contributed by atoms with E-state index in [9.17, 15) is 22.4 Å². The van der Waals surface area contributed by atoms with Gasteiger partial charge in [-0.1, -0.05) is 15.9 Å². The van der Waals surface area contributed by atoms with Crippen molar-refractivity contribution in [1.82, 2.24) is 10.3 Å². The van der Waals surface area contributed by atoms with Crippen LogP contribution in [0.5, 0.6) is 0 Å². The fraction of sp³-hybridized carbons (Fsp3) is 0.519. The number of anilines is 1. The molecular formula is C27H27BrF4N4O3. The number of halogens is 5. The van der Waals surface area contributed by atoms with Crippen LogP contribution < -0.4 is 10.2 Å². The zero-order valence-electron chi connectivity index (χ0n) is 21.0. The Morgan fingerprint density at radius 2 is 1.95 bits per heavy atom. The molecule has 12 heteroatoms. The van der Waals surface area contributed by atoms with Gasteiger partial charge < -0.3 is 19.7 Å².